The second-order valence-electron chi connectivity index (χ2n) is 4.18. The fraction of sp³-hybridized carbons (Fsp3) is 0.364. The van der Waals surface area contributed by atoms with Crippen LogP contribution in [0.3, 0.4) is 0 Å². The molecule has 0 aliphatic rings. The minimum atomic E-state index is -0.615. The number of pyridine rings is 1. The Balaban J connectivity index is 2.75. The molecule has 0 fully saturated rings. The van der Waals surface area contributed by atoms with Gasteiger partial charge >= 0.3 is 0 Å². The highest BCUT2D eigenvalue weighted by Gasteiger charge is 2.18. The molecule has 1 aromatic heterocycles. The number of hydrogen-bond donors (Lipinski definition) is 1. The van der Waals surface area contributed by atoms with E-state index >= 15 is 0 Å². The average molecular weight is 272 g/mol. The van der Waals surface area contributed by atoms with Crippen molar-refractivity contribution in [3.05, 3.63) is 28.0 Å². The molecular weight excluding hydrogens is 261 g/mol. The number of amides is 1. The summed E-state index contributed by atoms with van der Waals surface area (Å²) in [5.74, 6) is -0.334. The summed E-state index contributed by atoms with van der Waals surface area (Å²) in [5.41, 5.74) is -0.292. The van der Waals surface area contributed by atoms with Gasteiger partial charge in [0.05, 0.1) is 11.5 Å². The molecule has 1 rings (SSSR count). The summed E-state index contributed by atoms with van der Waals surface area (Å²) in [4.78, 5) is 15.5. The van der Waals surface area contributed by atoms with Gasteiger partial charge in [-0.3, -0.25) is 4.79 Å². The van der Waals surface area contributed by atoms with Crippen LogP contribution in [-0.2, 0) is 0 Å². The van der Waals surface area contributed by atoms with Crippen molar-refractivity contribution in [3.63, 3.8) is 0 Å². The van der Waals surface area contributed by atoms with Crippen LogP contribution in [-0.4, -0.2) is 17.4 Å². The Hall–Kier alpha value is -1.31. The molecule has 0 radical (unpaired) electrons. The van der Waals surface area contributed by atoms with Crippen molar-refractivity contribution in [1.29, 1.82) is 5.26 Å². The minimum Gasteiger partial charge on any atom is -0.350 e. The summed E-state index contributed by atoms with van der Waals surface area (Å²) < 4.78 is 0. The predicted octanol–water partition coefficient (Wildman–Crippen LogP) is 2.67. The predicted molar refractivity (Wildman–Crippen MR) is 66.0 cm³/mol. The van der Waals surface area contributed by atoms with Crippen molar-refractivity contribution in [3.8, 4) is 6.07 Å². The van der Waals surface area contributed by atoms with Crippen LogP contribution in [0.25, 0.3) is 0 Å². The number of halogens is 2. The van der Waals surface area contributed by atoms with Gasteiger partial charge < -0.3 is 5.32 Å². The van der Waals surface area contributed by atoms with E-state index in [1.807, 2.05) is 0 Å². The van der Waals surface area contributed by atoms with Crippen LogP contribution in [0.5, 0.6) is 0 Å². The topological polar surface area (TPSA) is 65.8 Å². The first-order valence-electron chi connectivity index (χ1n) is 4.86. The molecule has 0 unspecified atom stereocenters. The number of hydrogen-bond acceptors (Lipinski definition) is 3. The van der Waals surface area contributed by atoms with Crippen LogP contribution in [0, 0.1) is 16.7 Å². The first-order valence-corrected chi connectivity index (χ1v) is 5.62. The molecule has 0 saturated heterocycles. The molecule has 90 valence electrons. The maximum Gasteiger partial charge on any atom is 0.251 e. The highest BCUT2D eigenvalue weighted by molar-refractivity contribution is 6.33. The van der Waals surface area contributed by atoms with E-state index in [1.165, 1.54) is 12.1 Å². The first-order chi connectivity index (χ1) is 7.84. The van der Waals surface area contributed by atoms with Crippen molar-refractivity contribution in [1.82, 2.24) is 10.3 Å². The normalized spacial score (nSPS) is 10.8. The van der Waals surface area contributed by atoms with Crippen molar-refractivity contribution in [2.45, 2.75) is 13.8 Å². The van der Waals surface area contributed by atoms with Crippen LogP contribution in [0.15, 0.2) is 12.1 Å². The molecule has 0 atom stereocenters. The number of nitriles is 1. The zero-order valence-corrected chi connectivity index (χ0v) is 10.9. The van der Waals surface area contributed by atoms with Crippen LogP contribution >= 0.6 is 23.2 Å². The largest absolute Gasteiger partial charge is 0.350 e. The highest BCUT2D eigenvalue weighted by atomic mass is 35.5. The van der Waals surface area contributed by atoms with E-state index < -0.39 is 5.41 Å². The molecule has 0 aliphatic heterocycles. The summed E-state index contributed by atoms with van der Waals surface area (Å²) in [6.45, 7) is 3.72. The van der Waals surface area contributed by atoms with Gasteiger partial charge in [0.25, 0.3) is 5.91 Å². The Labute approximate surface area is 110 Å². The van der Waals surface area contributed by atoms with Crippen molar-refractivity contribution in [2.24, 2.45) is 5.41 Å². The smallest absolute Gasteiger partial charge is 0.251 e. The molecule has 0 aliphatic carbocycles. The van der Waals surface area contributed by atoms with E-state index in [0.29, 0.717) is 5.56 Å². The molecule has 0 aromatic carbocycles. The monoisotopic (exact) mass is 271 g/mol. The fourth-order valence-corrected chi connectivity index (χ4v) is 1.50. The van der Waals surface area contributed by atoms with Gasteiger partial charge in [0.1, 0.15) is 10.3 Å². The summed E-state index contributed by atoms with van der Waals surface area (Å²) in [5, 5.41) is 11.8. The quantitative estimate of drug-likeness (QED) is 0.860. The molecule has 1 aromatic rings. The number of aromatic nitrogens is 1. The van der Waals surface area contributed by atoms with E-state index in [0.717, 1.165) is 0 Å². The lowest BCUT2D eigenvalue weighted by Crippen LogP contribution is -2.33. The van der Waals surface area contributed by atoms with Gasteiger partial charge in [-0.25, -0.2) is 4.98 Å². The Bertz CT molecular complexity index is 460. The third-order valence-electron chi connectivity index (χ3n) is 2.02. The lowest BCUT2D eigenvalue weighted by atomic mass is 9.96. The van der Waals surface area contributed by atoms with Crippen LogP contribution in [0.4, 0.5) is 0 Å². The molecule has 17 heavy (non-hydrogen) atoms. The number of carbonyl (C=O) groups excluding carboxylic acids is 1. The van der Waals surface area contributed by atoms with Crippen LogP contribution < -0.4 is 5.32 Å². The third kappa shape index (κ3) is 4.22. The van der Waals surface area contributed by atoms with Gasteiger partial charge in [-0.15, -0.1) is 0 Å². The zero-order valence-electron chi connectivity index (χ0n) is 9.42. The Morgan fingerprint density at radius 3 is 2.47 bits per heavy atom. The first kappa shape index (κ1) is 13.8. The summed E-state index contributed by atoms with van der Waals surface area (Å²) >= 11 is 11.4. The Morgan fingerprint density at radius 1 is 1.47 bits per heavy atom. The molecule has 0 bridgehead atoms. The summed E-state index contributed by atoms with van der Waals surface area (Å²) in [7, 11) is 0. The van der Waals surface area contributed by atoms with Gasteiger partial charge in [-0.05, 0) is 26.0 Å². The molecule has 0 spiro atoms. The second-order valence-corrected chi connectivity index (χ2v) is 4.95. The van der Waals surface area contributed by atoms with Gasteiger partial charge in [0, 0.05) is 12.1 Å². The standard InChI is InChI=1S/C11H11Cl2N3O/c1-11(2,5-14)6-15-10(17)7-3-8(12)16-9(13)4-7/h3-4H,6H2,1-2H3,(H,15,17). The Morgan fingerprint density at radius 2 is 2.00 bits per heavy atom. The molecule has 0 saturated carbocycles. The maximum atomic E-state index is 11.7. The van der Waals surface area contributed by atoms with Gasteiger partial charge in [0.15, 0.2) is 0 Å². The molecule has 1 heterocycles. The van der Waals surface area contributed by atoms with E-state index in [-0.39, 0.29) is 22.8 Å². The van der Waals surface area contributed by atoms with Gasteiger partial charge in [0.2, 0.25) is 0 Å². The van der Waals surface area contributed by atoms with Crippen molar-refractivity contribution in [2.75, 3.05) is 6.54 Å². The number of nitrogens with zero attached hydrogens (tertiary/aromatic N) is 2. The summed E-state index contributed by atoms with van der Waals surface area (Å²) in [6.07, 6.45) is 0. The fourth-order valence-electron chi connectivity index (χ4n) is 1.04. The van der Waals surface area contributed by atoms with Crippen molar-refractivity contribution < 1.29 is 4.79 Å². The zero-order chi connectivity index (χ0) is 13.1. The lowest BCUT2D eigenvalue weighted by molar-refractivity contribution is 0.0943. The number of carbonyl (C=O) groups is 1. The minimum absolute atomic E-state index is 0.155. The van der Waals surface area contributed by atoms with E-state index in [2.05, 4.69) is 16.4 Å². The number of nitrogens with one attached hydrogen (secondary N) is 1. The lowest BCUT2D eigenvalue weighted by Gasteiger charge is -2.15. The van der Waals surface area contributed by atoms with E-state index in [1.54, 1.807) is 13.8 Å². The number of rotatable bonds is 3. The van der Waals surface area contributed by atoms with Gasteiger partial charge in [-0.1, -0.05) is 23.2 Å². The van der Waals surface area contributed by atoms with Crippen LogP contribution in [0.1, 0.15) is 24.2 Å². The molecule has 4 nitrogen and oxygen atoms in total. The SMILES string of the molecule is CC(C)(C#N)CNC(=O)c1cc(Cl)nc(Cl)c1. The molecule has 1 amide bonds. The van der Waals surface area contributed by atoms with Gasteiger partial charge in [-0.2, -0.15) is 5.26 Å². The Kier molecular flexibility index (Phi) is 4.33. The molecule has 6 heteroatoms. The summed E-state index contributed by atoms with van der Waals surface area (Å²) in [6, 6.07) is 4.93. The average Bonchev–Trinajstić information content (AvgIpc) is 2.24. The van der Waals surface area contributed by atoms with Crippen LogP contribution in [0.2, 0.25) is 10.3 Å². The van der Waals surface area contributed by atoms with E-state index in [9.17, 15) is 4.79 Å². The molecule has 1 N–H and O–H groups in total. The highest BCUT2D eigenvalue weighted by Crippen LogP contribution is 2.15. The second kappa shape index (κ2) is 5.35. The third-order valence-corrected chi connectivity index (χ3v) is 2.41. The molecular formula is C11H11Cl2N3O. The van der Waals surface area contributed by atoms with E-state index in [4.69, 9.17) is 28.5 Å². The maximum absolute atomic E-state index is 11.7. The van der Waals surface area contributed by atoms with Crippen molar-refractivity contribution >= 4 is 29.1 Å².